The maximum atomic E-state index is 11.6. The van der Waals surface area contributed by atoms with Crippen molar-refractivity contribution in [1.29, 1.82) is 0 Å². The fourth-order valence-corrected chi connectivity index (χ4v) is 2.34. The van der Waals surface area contributed by atoms with Crippen LogP contribution in [0, 0.1) is 0 Å². The topological polar surface area (TPSA) is 42.4 Å². The fraction of sp³-hybridized carbons (Fsp3) is 0.143. The molecular weight excluding hydrogens is 312 g/mol. The second-order valence-corrected chi connectivity index (χ2v) is 5.91. The number of rotatable bonds is 5. The second-order valence-electron chi connectivity index (χ2n) is 5.91. The molecule has 126 valence electrons. The minimum atomic E-state index is -0.0682. The highest BCUT2D eigenvalue weighted by Crippen LogP contribution is 2.17. The molecule has 0 aliphatic carbocycles. The Morgan fingerprint density at radius 2 is 1.88 bits per heavy atom. The number of aromatic nitrogens is 1. The quantitative estimate of drug-likeness (QED) is 0.712. The number of ether oxygens (including phenoxy) is 1. The fourth-order valence-electron chi connectivity index (χ4n) is 2.34. The van der Waals surface area contributed by atoms with E-state index in [1.165, 1.54) is 4.90 Å². The first-order chi connectivity index (χ1) is 12.1. The van der Waals surface area contributed by atoms with E-state index in [-0.39, 0.29) is 12.5 Å². The number of amides is 1. The number of fused-ring (bicyclic) bond motifs is 1. The standard InChI is InChI=1S/C21H20N2O2/c1-23(2)21(24)15-25-19-8-5-6-16(14-19)10-12-18-13-11-17-7-3-4-9-20(17)22-18/h3-14H,15H2,1-2H3/b12-10+. The molecule has 1 aromatic heterocycles. The van der Waals surface area contributed by atoms with Gasteiger partial charge < -0.3 is 9.64 Å². The number of pyridine rings is 1. The summed E-state index contributed by atoms with van der Waals surface area (Å²) in [4.78, 5) is 17.7. The van der Waals surface area contributed by atoms with Crippen molar-refractivity contribution >= 4 is 29.0 Å². The Balaban J connectivity index is 1.72. The van der Waals surface area contributed by atoms with Gasteiger partial charge in [0.05, 0.1) is 11.2 Å². The molecule has 0 saturated carbocycles. The molecule has 0 N–H and O–H groups in total. The summed E-state index contributed by atoms with van der Waals surface area (Å²) in [6.07, 6.45) is 3.95. The summed E-state index contributed by atoms with van der Waals surface area (Å²) in [6, 6.07) is 19.7. The molecule has 0 saturated heterocycles. The number of hydrogen-bond acceptors (Lipinski definition) is 3. The van der Waals surface area contributed by atoms with Crippen LogP contribution < -0.4 is 4.74 Å². The molecule has 2 aromatic carbocycles. The number of carbonyl (C=O) groups excluding carboxylic acids is 1. The zero-order valence-electron chi connectivity index (χ0n) is 14.3. The van der Waals surface area contributed by atoms with Crippen LogP contribution in [-0.2, 0) is 4.79 Å². The molecule has 3 aromatic rings. The van der Waals surface area contributed by atoms with E-state index < -0.39 is 0 Å². The van der Waals surface area contributed by atoms with Crippen LogP contribution in [-0.4, -0.2) is 36.5 Å². The van der Waals surface area contributed by atoms with Gasteiger partial charge in [0.1, 0.15) is 5.75 Å². The highest BCUT2D eigenvalue weighted by molar-refractivity contribution is 5.81. The molecule has 0 spiro atoms. The Labute approximate surface area is 147 Å². The van der Waals surface area contributed by atoms with Gasteiger partial charge in [-0.25, -0.2) is 4.98 Å². The van der Waals surface area contributed by atoms with Crippen molar-refractivity contribution in [2.24, 2.45) is 0 Å². The summed E-state index contributed by atoms with van der Waals surface area (Å²) in [7, 11) is 3.42. The summed E-state index contributed by atoms with van der Waals surface area (Å²) in [6.45, 7) is 0.0341. The Kier molecular flexibility index (Phi) is 5.09. The van der Waals surface area contributed by atoms with Crippen molar-refractivity contribution in [2.45, 2.75) is 0 Å². The first kappa shape index (κ1) is 16.7. The Hall–Kier alpha value is -3.14. The number of nitrogens with zero attached hydrogens (tertiary/aromatic N) is 2. The molecule has 0 aliphatic rings. The molecule has 0 radical (unpaired) electrons. The zero-order chi connectivity index (χ0) is 17.6. The molecule has 1 amide bonds. The SMILES string of the molecule is CN(C)C(=O)COc1cccc(/C=C/c2ccc3ccccc3n2)c1. The van der Waals surface area contributed by atoms with Crippen LogP contribution in [0.5, 0.6) is 5.75 Å². The van der Waals surface area contributed by atoms with Gasteiger partial charge in [-0.1, -0.05) is 42.5 Å². The van der Waals surface area contributed by atoms with Crippen LogP contribution in [0.1, 0.15) is 11.3 Å². The monoisotopic (exact) mass is 332 g/mol. The number of hydrogen-bond donors (Lipinski definition) is 0. The van der Waals surface area contributed by atoms with Crippen molar-refractivity contribution in [3.05, 3.63) is 71.9 Å². The summed E-state index contributed by atoms with van der Waals surface area (Å²) in [5, 5.41) is 1.13. The number of carbonyl (C=O) groups is 1. The minimum Gasteiger partial charge on any atom is -0.484 e. The molecule has 0 aliphatic heterocycles. The Bertz CT molecular complexity index is 916. The van der Waals surface area contributed by atoms with Gasteiger partial charge in [-0.15, -0.1) is 0 Å². The van der Waals surface area contributed by atoms with E-state index in [1.54, 1.807) is 14.1 Å². The number of benzene rings is 2. The van der Waals surface area contributed by atoms with Gasteiger partial charge in [0, 0.05) is 19.5 Å². The van der Waals surface area contributed by atoms with Gasteiger partial charge in [-0.3, -0.25) is 4.79 Å². The van der Waals surface area contributed by atoms with Crippen LogP contribution in [0.3, 0.4) is 0 Å². The van der Waals surface area contributed by atoms with E-state index in [1.807, 2.05) is 66.7 Å². The van der Waals surface area contributed by atoms with Crippen LogP contribution in [0.15, 0.2) is 60.7 Å². The van der Waals surface area contributed by atoms with Crippen LogP contribution in [0.2, 0.25) is 0 Å². The summed E-state index contributed by atoms with van der Waals surface area (Å²) >= 11 is 0. The van der Waals surface area contributed by atoms with Crippen molar-refractivity contribution in [1.82, 2.24) is 9.88 Å². The number of likely N-dealkylation sites (N-methyl/N-ethyl adjacent to an activating group) is 1. The molecule has 0 unspecified atom stereocenters. The van der Waals surface area contributed by atoms with E-state index in [0.29, 0.717) is 5.75 Å². The van der Waals surface area contributed by atoms with Gasteiger partial charge in [-0.05, 0) is 35.9 Å². The Morgan fingerprint density at radius 3 is 2.72 bits per heavy atom. The second kappa shape index (κ2) is 7.62. The van der Waals surface area contributed by atoms with Crippen LogP contribution >= 0.6 is 0 Å². The Morgan fingerprint density at radius 1 is 1.04 bits per heavy atom. The van der Waals surface area contributed by atoms with Gasteiger partial charge in [0.25, 0.3) is 5.91 Å². The first-order valence-corrected chi connectivity index (χ1v) is 8.09. The largest absolute Gasteiger partial charge is 0.484 e. The van der Waals surface area contributed by atoms with Crippen molar-refractivity contribution in [2.75, 3.05) is 20.7 Å². The third kappa shape index (κ3) is 4.44. The lowest BCUT2D eigenvalue weighted by molar-refractivity contribution is -0.130. The lowest BCUT2D eigenvalue weighted by Gasteiger charge is -2.11. The van der Waals surface area contributed by atoms with E-state index in [2.05, 4.69) is 11.1 Å². The van der Waals surface area contributed by atoms with Gasteiger partial charge in [0.2, 0.25) is 0 Å². The average molecular weight is 332 g/mol. The van der Waals surface area contributed by atoms with E-state index in [9.17, 15) is 4.79 Å². The summed E-state index contributed by atoms with van der Waals surface area (Å²) in [5.41, 5.74) is 2.86. The summed E-state index contributed by atoms with van der Waals surface area (Å²) in [5.74, 6) is 0.602. The number of para-hydroxylation sites is 1. The summed E-state index contributed by atoms with van der Waals surface area (Å²) < 4.78 is 5.54. The molecular formula is C21H20N2O2. The minimum absolute atomic E-state index is 0.0341. The van der Waals surface area contributed by atoms with Crippen molar-refractivity contribution < 1.29 is 9.53 Å². The average Bonchev–Trinajstić information content (AvgIpc) is 2.64. The van der Waals surface area contributed by atoms with Gasteiger partial charge in [-0.2, -0.15) is 0 Å². The lowest BCUT2D eigenvalue weighted by Crippen LogP contribution is -2.27. The first-order valence-electron chi connectivity index (χ1n) is 8.09. The highest BCUT2D eigenvalue weighted by Gasteiger charge is 2.04. The molecule has 0 atom stereocenters. The molecule has 4 nitrogen and oxygen atoms in total. The van der Waals surface area contributed by atoms with Crippen molar-refractivity contribution in [3.63, 3.8) is 0 Å². The molecule has 1 heterocycles. The van der Waals surface area contributed by atoms with Crippen LogP contribution in [0.25, 0.3) is 23.1 Å². The molecule has 0 fully saturated rings. The van der Waals surface area contributed by atoms with Gasteiger partial charge >= 0.3 is 0 Å². The third-order valence-electron chi connectivity index (χ3n) is 3.79. The highest BCUT2D eigenvalue weighted by atomic mass is 16.5. The third-order valence-corrected chi connectivity index (χ3v) is 3.79. The van der Waals surface area contributed by atoms with E-state index in [4.69, 9.17) is 4.74 Å². The van der Waals surface area contributed by atoms with Gasteiger partial charge in [0.15, 0.2) is 6.61 Å². The van der Waals surface area contributed by atoms with E-state index in [0.717, 1.165) is 22.2 Å². The van der Waals surface area contributed by atoms with Crippen LogP contribution in [0.4, 0.5) is 0 Å². The molecule has 25 heavy (non-hydrogen) atoms. The van der Waals surface area contributed by atoms with Crippen molar-refractivity contribution in [3.8, 4) is 5.75 Å². The normalized spacial score (nSPS) is 11.0. The predicted molar refractivity (Wildman–Crippen MR) is 101 cm³/mol. The lowest BCUT2D eigenvalue weighted by atomic mass is 10.1. The maximum absolute atomic E-state index is 11.6. The molecule has 4 heteroatoms. The maximum Gasteiger partial charge on any atom is 0.259 e. The zero-order valence-corrected chi connectivity index (χ0v) is 14.3. The van der Waals surface area contributed by atoms with E-state index >= 15 is 0 Å². The molecule has 0 bridgehead atoms. The smallest absolute Gasteiger partial charge is 0.259 e. The predicted octanol–water partition coefficient (Wildman–Crippen LogP) is 3.87. The molecule has 3 rings (SSSR count).